The number of piperidine rings is 1. The summed E-state index contributed by atoms with van der Waals surface area (Å²) in [6, 6.07) is 4.21. The second kappa shape index (κ2) is 7.60. The molecule has 1 aromatic heterocycles. The fraction of sp³-hybridized carbons (Fsp3) is 0.600. The fourth-order valence-electron chi connectivity index (χ4n) is 2.68. The van der Waals surface area contributed by atoms with E-state index in [9.17, 15) is 9.59 Å². The van der Waals surface area contributed by atoms with Gasteiger partial charge in [-0.1, -0.05) is 6.07 Å². The van der Waals surface area contributed by atoms with Crippen molar-refractivity contribution < 1.29 is 9.59 Å². The number of rotatable bonds is 5. The molecule has 1 aliphatic rings. The molecule has 7 heteroatoms. The number of nitrogens with one attached hydrogen (secondary N) is 1. The highest BCUT2D eigenvalue weighted by Crippen LogP contribution is 2.22. The maximum atomic E-state index is 12.3. The number of nitrogens with zero attached hydrogens (tertiary/aromatic N) is 2. The lowest BCUT2D eigenvalue weighted by Gasteiger charge is -2.31. The lowest BCUT2D eigenvalue weighted by Crippen LogP contribution is -2.47. The van der Waals surface area contributed by atoms with Crippen molar-refractivity contribution >= 4 is 23.3 Å². The molecule has 0 bridgehead atoms. The van der Waals surface area contributed by atoms with Gasteiger partial charge in [0.15, 0.2) is 0 Å². The van der Waals surface area contributed by atoms with Crippen LogP contribution < -0.4 is 11.1 Å². The van der Waals surface area contributed by atoms with Crippen LogP contribution in [0, 0.1) is 5.92 Å². The number of primary amides is 1. The van der Waals surface area contributed by atoms with Crippen LogP contribution in [0.15, 0.2) is 17.5 Å². The van der Waals surface area contributed by atoms with Crippen molar-refractivity contribution in [2.75, 3.05) is 33.7 Å². The third-order valence-corrected chi connectivity index (χ3v) is 5.10. The molecule has 22 heavy (non-hydrogen) atoms. The van der Waals surface area contributed by atoms with Crippen LogP contribution in [0.25, 0.3) is 0 Å². The number of likely N-dealkylation sites (tertiary alicyclic amines) is 1. The van der Waals surface area contributed by atoms with Crippen molar-refractivity contribution in [1.82, 2.24) is 15.1 Å². The van der Waals surface area contributed by atoms with Crippen LogP contribution in [0.5, 0.6) is 0 Å². The predicted molar refractivity (Wildman–Crippen MR) is 87.6 cm³/mol. The third kappa shape index (κ3) is 4.20. The van der Waals surface area contributed by atoms with Gasteiger partial charge in [-0.05, 0) is 38.4 Å². The smallest absolute Gasteiger partial charge is 0.317 e. The first-order chi connectivity index (χ1) is 10.5. The van der Waals surface area contributed by atoms with Gasteiger partial charge in [-0.15, -0.1) is 11.3 Å². The summed E-state index contributed by atoms with van der Waals surface area (Å²) in [6.45, 7) is 1.75. The van der Waals surface area contributed by atoms with E-state index in [2.05, 4.69) is 16.3 Å². The lowest BCUT2D eigenvalue weighted by atomic mass is 9.96. The van der Waals surface area contributed by atoms with Gasteiger partial charge in [-0.2, -0.15) is 0 Å². The Labute approximate surface area is 135 Å². The standard InChI is InChI=1S/C15H24N4O2S/c1-18(2)12(13-4-3-9-22-13)10-17-15(21)19-7-5-11(6-8-19)14(16)20/h3-4,9,11-12H,5-8,10H2,1-2H3,(H2,16,20)(H,17,21). The molecule has 3 amide bonds. The molecule has 1 aromatic rings. The van der Waals surface area contributed by atoms with Crippen molar-refractivity contribution in [3.05, 3.63) is 22.4 Å². The summed E-state index contributed by atoms with van der Waals surface area (Å²) in [5.41, 5.74) is 5.31. The average Bonchev–Trinajstić information content (AvgIpc) is 3.01. The van der Waals surface area contributed by atoms with Crippen molar-refractivity contribution in [1.29, 1.82) is 0 Å². The first kappa shape index (κ1) is 16.8. The van der Waals surface area contributed by atoms with Crippen molar-refractivity contribution in [3.63, 3.8) is 0 Å². The third-order valence-electron chi connectivity index (χ3n) is 4.13. The molecule has 0 spiro atoms. The Balaban J connectivity index is 1.83. The van der Waals surface area contributed by atoms with Crippen LogP contribution in [-0.4, -0.2) is 55.5 Å². The second-order valence-electron chi connectivity index (χ2n) is 5.84. The Hall–Kier alpha value is -1.60. The van der Waals surface area contributed by atoms with E-state index in [1.807, 2.05) is 25.5 Å². The topological polar surface area (TPSA) is 78.7 Å². The molecule has 1 fully saturated rings. The van der Waals surface area contributed by atoms with Gasteiger partial charge in [0.05, 0.1) is 6.04 Å². The van der Waals surface area contributed by atoms with Crippen LogP contribution in [0.2, 0.25) is 0 Å². The number of likely N-dealkylation sites (N-methyl/N-ethyl adjacent to an activating group) is 1. The van der Waals surface area contributed by atoms with Crippen LogP contribution in [0.4, 0.5) is 4.79 Å². The van der Waals surface area contributed by atoms with E-state index in [0.717, 1.165) is 0 Å². The van der Waals surface area contributed by atoms with Gasteiger partial charge in [-0.3, -0.25) is 4.79 Å². The minimum Gasteiger partial charge on any atom is -0.369 e. The second-order valence-corrected chi connectivity index (χ2v) is 6.82. The molecule has 0 saturated carbocycles. The Bertz CT molecular complexity index is 496. The molecule has 6 nitrogen and oxygen atoms in total. The zero-order chi connectivity index (χ0) is 16.1. The normalized spacial score (nSPS) is 17.5. The zero-order valence-electron chi connectivity index (χ0n) is 13.1. The highest BCUT2D eigenvalue weighted by Gasteiger charge is 2.26. The van der Waals surface area contributed by atoms with Gasteiger partial charge in [0.25, 0.3) is 0 Å². The SMILES string of the molecule is CN(C)C(CNC(=O)N1CCC(C(N)=O)CC1)c1cccs1. The van der Waals surface area contributed by atoms with E-state index in [-0.39, 0.29) is 23.9 Å². The maximum absolute atomic E-state index is 12.3. The summed E-state index contributed by atoms with van der Waals surface area (Å²) < 4.78 is 0. The first-order valence-corrected chi connectivity index (χ1v) is 8.39. The molecule has 2 heterocycles. The molecule has 0 aromatic carbocycles. The predicted octanol–water partition coefficient (Wildman–Crippen LogP) is 1.26. The summed E-state index contributed by atoms with van der Waals surface area (Å²) in [4.78, 5) is 28.5. The fourth-order valence-corrected chi connectivity index (χ4v) is 3.60. The summed E-state index contributed by atoms with van der Waals surface area (Å²) in [5, 5.41) is 5.05. The van der Waals surface area contributed by atoms with E-state index in [0.29, 0.717) is 32.5 Å². The van der Waals surface area contributed by atoms with Gasteiger partial charge in [-0.25, -0.2) is 4.79 Å². The van der Waals surface area contributed by atoms with Crippen molar-refractivity contribution in [3.8, 4) is 0 Å². The zero-order valence-corrected chi connectivity index (χ0v) is 13.9. The number of hydrogen-bond donors (Lipinski definition) is 2. The van der Waals surface area contributed by atoms with E-state index in [1.54, 1.807) is 16.2 Å². The Kier molecular flexibility index (Phi) is 5.79. The van der Waals surface area contributed by atoms with Crippen LogP contribution in [-0.2, 0) is 4.79 Å². The number of carbonyl (C=O) groups is 2. The summed E-state index contributed by atoms with van der Waals surface area (Å²) >= 11 is 1.69. The first-order valence-electron chi connectivity index (χ1n) is 7.51. The molecular weight excluding hydrogens is 300 g/mol. The molecule has 0 aliphatic carbocycles. The van der Waals surface area contributed by atoms with Gasteiger partial charge < -0.3 is 20.9 Å². The van der Waals surface area contributed by atoms with Gasteiger partial charge in [0, 0.05) is 30.4 Å². The molecule has 122 valence electrons. The molecule has 1 atom stereocenters. The monoisotopic (exact) mass is 324 g/mol. The molecule has 1 unspecified atom stereocenters. The summed E-state index contributed by atoms with van der Waals surface area (Å²) in [7, 11) is 4.02. The largest absolute Gasteiger partial charge is 0.369 e. The van der Waals surface area contributed by atoms with Gasteiger partial charge >= 0.3 is 6.03 Å². The molecule has 0 radical (unpaired) electrons. The van der Waals surface area contributed by atoms with Gasteiger partial charge in [0.1, 0.15) is 0 Å². The highest BCUT2D eigenvalue weighted by atomic mass is 32.1. The minimum atomic E-state index is -0.259. The molecule has 2 rings (SSSR count). The van der Waals surface area contributed by atoms with Crippen LogP contribution in [0.3, 0.4) is 0 Å². The Morgan fingerprint density at radius 1 is 1.45 bits per heavy atom. The van der Waals surface area contributed by atoms with Crippen LogP contribution in [0.1, 0.15) is 23.8 Å². The maximum Gasteiger partial charge on any atom is 0.317 e. The number of thiophene rings is 1. The average molecular weight is 324 g/mol. The highest BCUT2D eigenvalue weighted by molar-refractivity contribution is 7.10. The molecule has 3 N–H and O–H groups in total. The Morgan fingerprint density at radius 2 is 2.14 bits per heavy atom. The Morgan fingerprint density at radius 3 is 2.64 bits per heavy atom. The lowest BCUT2D eigenvalue weighted by molar-refractivity contribution is -0.123. The quantitative estimate of drug-likeness (QED) is 0.856. The number of carbonyl (C=O) groups excluding carboxylic acids is 2. The summed E-state index contributed by atoms with van der Waals surface area (Å²) in [5.74, 6) is -0.352. The summed E-state index contributed by atoms with van der Waals surface area (Å²) in [6.07, 6.45) is 1.32. The van der Waals surface area contributed by atoms with Crippen LogP contribution >= 0.6 is 11.3 Å². The van der Waals surface area contributed by atoms with Gasteiger partial charge in [0.2, 0.25) is 5.91 Å². The molecule has 1 saturated heterocycles. The number of hydrogen-bond acceptors (Lipinski definition) is 4. The number of urea groups is 1. The number of amides is 3. The molecule has 1 aliphatic heterocycles. The van der Waals surface area contributed by atoms with Crippen molar-refractivity contribution in [2.45, 2.75) is 18.9 Å². The van der Waals surface area contributed by atoms with Crippen molar-refractivity contribution in [2.24, 2.45) is 11.7 Å². The van der Waals surface area contributed by atoms with E-state index in [4.69, 9.17) is 5.73 Å². The van der Waals surface area contributed by atoms with E-state index >= 15 is 0 Å². The minimum absolute atomic E-state index is 0.0636. The number of nitrogens with two attached hydrogens (primary N) is 1. The van der Waals surface area contributed by atoms with E-state index < -0.39 is 0 Å². The van der Waals surface area contributed by atoms with E-state index in [1.165, 1.54) is 4.88 Å². The molecular formula is C15H24N4O2S.